The molecule has 2 N–H and O–H groups in total. The van der Waals surface area contributed by atoms with Crippen molar-refractivity contribution in [1.82, 2.24) is 4.31 Å². The Morgan fingerprint density at radius 2 is 2.18 bits per heavy atom. The van der Waals surface area contributed by atoms with Crippen LogP contribution in [0.3, 0.4) is 0 Å². The van der Waals surface area contributed by atoms with Crippen LogP contribution >= 0.6 is 20.9 Å². The van der Waals surface area contributed by atoms with Gasteiger partial charge in [0, 0.05) is 18.6 Å². The predicted molar refractivity (Wildman–Crippen MR) is 55.0 cm³/mol. The zero-order chi connectivity index (χ0) is 8.22. The van der Waals surface area contributed by atoms with Gasteiger partial charge in [-0.25, -0.2) is 0 Å². The average Bonchev–Trinajstić information content (AvgIpc) is 2.38. The van der Waals surface area contributed by atoms with Crippen molar-refractivity contribution in [3.8, 4) is 0 Å². The second kappa shape index (κ2) is 2.31. The van der Waals surface area contributed by atoms with Crippen LogP contribution in [0.5, 0.6) is 0 Å². The molecule has 2 saturated heterocycles. The fourth-order valence-electron chi connectivity index (χ4n) is 2.13. The van der Waals surface area contributed by atoms with Crippen LogP contribution in [0.4, 0.5) is 0 Å². The van der Waals surface area contributed by atoms with Gasteiger partial charge in [0.1, 0.15) is 0 Å². The predicted octanol–water partition coefficient (Wildman–Crippen LogP) is 0.842. The van der Waals surface area contributed by atoms with E-state index >= 15 is 0 Å². The first-order chi connectivity index (χ1) is 5.00. The largest absolute Gasteiger partial charge is 0.326 e. The van der Waals surface area contributed by atoms with Crippen molar-refractivity contribution in [2.75, 3.05) is 19.1 Å². The van der Waals surface area contributed by atoms with E-state index in [2.05, 4.69) is 28.5 Å². The second-order valence-corrected chi connectivity index (χ2v) is 9.55. The summed E-state index contributed by atoms with van der Waals surface area (Å²) in [4.78, 5) is 0. The molecule has 66 valence electrons. The smallest absolute Gasteiger partial charge is 0.0353 e. The van der Waals surface area contributed by atoms with Crippen LogP contribution in [-0.4, -0.2) is 35.4 Å². The van der Waals surface area contributed by atoms with Crippen molar-refractivity contribution in [3.63, 3.8) is 0 Å². The molecule has 1 aliphatic carbocycles. The summed E-state index contributed by atoms with van der Waals surface area (Å²) in [5.41, 5.74) is 5.95. The zero-order valence-corrected chi connectivity index (χ0v) is 8.74. The molecule has 3 rings (SSSR count). The molecule has 1 saturated carbocycles. The van der Waals surface area contributed by atoms with Crippen LogP contribution in [0.15, 0.2) is 0 Å². The van der Waals surface area contributed by atoms with E-state index in [4.69, 9.17) is 5.73 Å². The van der Waals surface area contributed by atoms with Gasteiger partial charge in [0.25, 0.3) is 0 Å². The van der Waals surface area contributed by atoms with Gasteiger partial charge in [0.15, 0.2) is 0 Å². The van der Waals surface area contributed by atoms with Gasteiger partial charge in [0.2, 0.25) is 0 Å². The highest BCUT2D eigenvalue weighted by Crippen LogP contribution is 2.58. The van der Waals surface area contributed by atoms with E-state index in [1.807, 2.05) is 0 Å². The Morgan fingerprint density at radius 1 is 1.55 bits per heavy atom. The number of fused-ring (bicyclic) bond motifs is 1. The van der Waals surface area contributed by atoms with Gasteiger partial charge in [-0.05, 0) is 24.9 Å². The number of rotatable bonds is 1. The number of hydrogen-bond donors (Lipinski definition) is 2. The highest BCUT2D eigenvalue weighted by Gasteiger charge is 2.52. The highest BCUT2D eigenvalue weighted by atomic mass is 33.1. The van der Waals surface area contributed by atoms with Gasteiger partial charge in [-0.3, -0.25) is 4.31 Å². The minimum absolute atomic E-state index is 0.453. The Kier molecular flexibility index (Phi) is 1.73. The van der Waals surface area contributed by atoms with E-state index in [1.54, 1.807) is 0 Å². The summed E-state index contributed by atoms with van der Waals surface area (Å²) in [5.74, 6) is 0.777. The van der Waals surface area contributed by atoms with Crippen molar-refractivity contribution in [3.05, 3.63) is 0 Å². The zero-order valence-electron chi connectivity index (χ0n) is 7.03. The molecule has 2 bridgehead atoms. The third-order valence-electron chi connectivity index (χ3n) is 2.89. The van der Waals surface area contributed by atoms with E-state index in [9.17, 15) is 0 Å². The first-order valence-electron chi connectivity index (χ1n) is 3.98. The second-order valence-electron chi connectivity index (χ2n) is 3.96. The molecule has 3 atom stereocenters. The first-order valence-corrected chi connectivity index (χ1v) is 7.44. The van der Waals surface area contributed by atoms with Gasteiger partial charge in [0.05, 0.1) is 0 Å². The summed E-state index contributed by atoms with van der Waals surface area (Å²) in [6.07, 6.45) is 5.77. The van der Waals surface area contributed by atoms with Gasteiger partial charge in [-0.15, -0.1) is 20.9 Å². The van der Waals surface area contributed by atoms with Crippen molar-refractivity contribution >= 4 is 20.9 Å². The molecule has 2 nitrogen and oxygen atoms in total. The van der Waals surface area contributed by atoms with Crippen molar-refractivity contribution in [2.45, 2.75) is 18.5 Å². The van der Waals surface area contributed by atoms with Crippen LogP contribution in [0, 0.1) is 5.92 Å². The van der Waals surface area contributed by atoms with E-state index in [0.29, 0.717) is 12.1 Å². The average molecular weight is 192 g/mol. The van der Waals surface area contributed by atoms with Gasteiger partial charge in [-0.2, -0.15) is 0 Å². The molecule has 0 amide bonds. The lowest BCUT2D eigenvalue weighted by Crippen LogP contribution is -2.49. The molecule has 2 heterocycles. The lowest BCUT2D eigenvalue weighted by atomic mass is 9.81. The number of nitrogens with zero attached hydrogens (tertiary/aromatic N) is 1. The lowest BCUT2D eigenvalue weighted by molar-refractivity contribution is 0.277. The fraction of sp³-hybridized carbons (Fsp3) is 1.00. The van der Waals surface area contributed by atoms with Crippen LogP contribution < -0.4 is 5.73 Å². The maximum Gasteiger partial charge on any atom is 0.0353 e. The van der Waals surface area contributed by atoms with Crippen LogP contribution in [0.2, 0.25) is 0 Å². The number of nitrogens with two attached hydrogens (primary N) is 1. The van der Waals surface area contributed by atoms with E-state index in [-0.39, 0.29) is 0 Å². The summed E-state index contributed by atoms with van der Waals surface area (Å²) in [5, 5.41) is 0. The van der Waals surface area contributed by atoms with Crippen molar-refractivity contribution in [1.29, 1.82) is 0 Å². The lowest BCUT2D eigenvalue weighted by Gasteiger charge is -2.41. The monoisotopic (exact) mass is 192 g/mol. The minimum atomic E-state index is -0.795. The van der Waals surface area contributed by atoms with E-state index in [1.165, 1.54) is 13.0 Å². The first kappa shape index (κ1) is 8.23. The maximum atomic E-state index is 5.95. The Labute approximate surface area is 74.8 Å². The Balaban J connectivity index is 2.10. The molecule has 1 unspecified atom stereocenters. The van der Waals surface area contributed by atoms with Crippen molar-refractivity contribution < 1.29 is 0 Å². The van der Waals surface area contributed by atoms with Gasteiger partial charge >= 0.3 is 0 Å². The molecule has 11 heavy (non-hydrogen) atoms. The fourth-order valence-corrected chi connectivity index (χ4v) is 4.14. The molecule has 2 aliphatic heterocycles. The Bertz CT molecular complexity index is 178. The molecule has 4 heteroatoms. The molecule has 0 aromatic rings. The molecular formula is C7H16N2S2. The number of hydrogen-bond acceptors (Lipinski definition) is 3. The summed E-state index contributed by atoms with van der Waals surface area (Å²) in [6, 6.07) is 1.11. The molecule has 0 spiro atoms. The topological polar surface area (TPSA) is 29.3 Å². The normalized spacial score (nSPS) is 45.6. The Hall–Kier alpha value is 0.620. The standard InChI is InChI=1S/C7H16N2S2/c1-11(2,10)9-4-5-3-6(9)7(5)8/h5-7,10H,3-4,8H2,1-2H3/t5?,6-,7+/m1/s1. The summed E-state index contributed by atoms with van der Waals surface area (Å²) >= 11 is 4.63. The molecule has 3 aliphatic rings. The summed E-state index contributed by atoms with van der Waals surface area (Å²) < 4.78 is 2.51. The SMILES string of the molecule is CS(C)(S)N1CC2C[C@@H]1[C@H]2N. The molecule has 0 aromatic heterocycles. The van der Waals surface area contributed by atoms with E-state index in [0.717, 1.165) is 5.92 Å². The van der Waals surface area contributed by atoms with Gasteiger partial charge in [-0.1, -0.05) is 0 Å². The molecular weight excluding hydrogens is 176 g/mol. The quantitative estimate of drug-likeness (QED) is 0.476. The van der Waals surface area contributed by atoms with E-state index < -0.39 is 9.25 Å². The van der Waals surface area contributed by atoms with Crippen LogP contribution in [0.25, 0.3) is 0 Å². The maximum absolute atomic E-state index is 5.95. The third-order valence-corrected chi connectivity index (χ3v) is 5.09. The summed E-state index contributed by atoms with van der Waals surface area (Å²) in [7, 11) is -0.795. The van der Waals surface area contributed by atoms with Crippen molar-refractivity contribution in [2.24, 2.45) is 11.7 Å². The minimum Gasteiger partial charge on any atom is -0.326 e. The van der Waals surface area contributed by atoms with Crippen LogP contribution in [0.1, 0.15) is 6.42 Å². The number of thiol groups is 1. The van der Waals surface area contributed by atoms with Crippen LogP contribution in [-0.2, 0) is 0 Å². The molecule has 3 fully saturated rings. The Morgan fingerprint density at radius 3 is 2.36 bits per heavy atom. The highest BCUT2D eigenvalue weighted by molar-refractivity contribution is 8.86. The molecule has 0 aromatic carbocycles. The summed E-state index contributed by atoms with van der Waals surface area (Å²) in [6.45, 7) is 1.19. The third kappa shape index (κ3) is 1.11. The van der Waals surface area contributed by atoms with Gasteiger partial charge < -0.3 is 5.73 Å². The molecule has 0 radical (unpaired) electrons.